The van der Waals surface area contributed by atoms with E-state index in [9.17, 15) is 0 Å². The Balaban J connectivity index is 0.000000911. The maximum absolute atomic E-state index is 2.56. The summed E-state index contributed by atoms with van der Waals surface area (Å²) in [6, 6.07) is 18.3. The van der Waals surface area contributed by atoms with E-state index in [0.717, 1.165) is 8.45 Å². The van der Waals surface area contributed by atoms with Crippen LogP contribution in [0.25, 0.3) is 12.2 Å². The van der Waals surface area contributed by atoms with Crippen LogP contribution in [0.2, 0.25) is 0 Å². The zero-order valence-electron chi connectivity index (χ0n) is 14.1. The van der Waals surface area contributed by atoms with Crippen molar-refractivity contribution in [2.75, 3.05) is 13.3 Å². The normalized spacial score (nSPS) is 27.4. The molecule has 2 aromatic carbocycles. The third-order valence-electron chi connectivity index (χ3n) is 5.34. The van der Waals surface area contributed by atoms with Crippen molar-refractivity contribution in [2.45, 2.75) is 8.45 Å². The van der Waals surface area contributed by atoms with Crippen molar-refractivity contribution in [1.29, 1.82) is 0 Å². The summed E-state index contributed by atoms with van der Waals surface area (Å²) in [7, 11) is -0.0233. The quantitative estimate of drug-likeness (QED) is 0.413. The van der Waals surface area contributed by atoms with Crippen molar-refractivity contribution in [2.24, 2.45) is 0 Å². The molecule has 0 bridgehead atoms. The molecule has 1 heterocycles. The Labute approximate surface area is 173 Å². The van der Waals surface area contributed by atoms with E-state index in [-0.39, 0.29) is 59.2 Å². The third-order valence-corrected chi connectivity index (χ3v) is 16.3. The Morgan fingerprint density at radius 3 is 1.52 bits per heavy atom. The summed E-state index contributed by atoms with van der Waals surface area (Å²) in [5, 5.41) is 3.62. The van der Waals surface area contributed by atoms with Crippen molar-refractivity contribution >= 4 is 27.4 Å². The van der Waals surface area contributed by atoms with Crippen LogP contribution in [0.5, 0.6) is 0 Å². The van der Waals surface area contributed by atoms with E-state index in [4.69, 9.17) is 0 Å². The first-order chi connectivity index (χ1) is 11.2. The van der Waals surface area contributed by atoms with Gasteiger partial charge >= 0.3 is 150 Å². The van der Waals surface area contributed by atoms with Crippen LogP contribution in [0, 0.1) is 0 Å². The van der Waals surface area contributed by atoms with Gasteiger partial charge in [0.05, 0.1) is 0 Å². The van der Waals surface area contributed by atoms with Crippen molar-refractivity contribution in [1.82, 2.24) is 0 Å². The fraction of sp³-hybridized carbons (Fsp3) is 0.200. The van der Waals surface area contributed by atoms with E-state index in [2.05, 4.69) is 74.0 Å². The number of benzene rings is 2. The second-order valence-corrected chi connectivity index (χ2v) is 15.5. The predicted octanol–water partition coefficient (Wildman–Crippen LogP) is 0.421. The maximum Gasteiger partial charge on any atom is -1.00 e. The van der Waals surface area contributed by atoms with Crippen molar-refractivity contribution in [3.8, 4) is 0 Å². The van der Waals surface area contributed by atoms with Gasteiger partial charge in [0, 0.05) is 0 Å². The molecule has 0 N–H and O–H groups in total. The molecule has 2 aliphatic carbocycles. The standard InChI is InChI=1S/C20H18P2.2ClH.Ti/c1-21(19-11-15-7-3-4-8-16(15)12-19)22(2)20-13-17-9-5-6-10-18(17)14-20;;;/h3-14H,1-2H3;2*1H;/q;;;+2/p-2. The minimum absolute atomic E-state index is 0. The molecule has 3 aliphatic rings. The Kier molecular flexibility index (Phi) is 6.02. The fourth-order valence-corrected chi connectivity index (χ4v) is 15.7. The van der Waals surface area contributed by atoms with Gasteiger partial charge in [-0.3, -0.25) is 0 Å². The van der Waals surface area contributed by atoms with Gasteiger partial charge in [-0.1, -0.05) is 0 Å². The van der Waals surface area contributed by atoms with Crippen LogP contribution in [-0.4, -0.2) is 13.3 Å². The molecule has 0 radical (unpaired) electrons. The van der Waals surface area contributed by atoms with Crippen molar-refractivity contribution in [3.05, 3.63) is 81.4 Å². The van der Waals surface area contributed by atoms with Gasteiger partial charge in [-0.25, -0.2) is 0 Å². The number of hydrogen-bond acceptors (Lipinski definition) is 0. The van der Waals surface area contributed by atoms with Crippen LogP contribution >= 0.6 is 15.2 Å². The summed E-state index contributed by atoms with van der Waals surface area (Å²) >= 11 is -0.101. The maximum atomic E-state index is 2.56. The number of fused-ring (bicyclic) bond motifs is 6. The Morgan fingerprint density at radius 1 is 0.680 bits per heavy atom. The van der Waals surface area contributed by atoms with E-state index < -0.39 is 0 Å². The van der Waals surface area contributed by atoms with Crippen molar-refractivity contribution < 1.29 is 44.0 Å². The number of allylic oxidation sites excluding steroid dienone is 2. The van der Waals surface area contributed by atoms with Gasteiger partial charge in [-0.15, -0.1) is 0 Å². The molecule has 0 aromatic heterocycles. The second kappa shape index (κ2) is 7.60. The van der Waals surface area contributed by atoms with E-state index in [1.807, 2.05) is 10.6 Å². The summed E-state index contributed by atoms with van der Waals surface area (Å²) in [4.78, 5) is 0. The molecule has 1 aliphatic heterocycles. The smallest absolute Gasteiger partial charge is 1.00 e. The first kappa shape index (κ1) is 19.8. The molecule has 4 atom stereocenters. The third kappa shape index (κ3) is 3.04. The molecule has 5 heteroatoms. The van der Waals surface area contributed by atoms with Crippen LogP contribution in [0.1, 0.15) is 30.7 Å². The number of hydrogen-bond donors (Lipinski definition) is 0. The SMILES string of the molecule is CP1C2=Cc3ccccc3[CH]2[Ti+2][CH]2C(=Cc3ccccc32)P1C.[Cl-].[Cl-]. The minimum atomic E-state index is -0.101. The first-order valence-corrected chi connectivity index (χ1v) is 14.2. The van der Waals surface area contributed by atoms with Gasteiger partial charge < -0.3 is 24.8 Å². The molecule has 0 saturated carbocycles. The number of rotatable bonds is 0. The van der Waals surface area contributed by atoms with Crippen LogP contribution < -0.4 is 24.8 Å². The zero-order valence-corrected chi connectivity index (χ0v) is 18.9. The molecule has 2 aromatic rings. The molecular weight excluding hydrogens is 421 g/mol. The Morgan fingerprint density at radius 2 is 1.08 bits per heavy atom. The summed E-state index contributed by atoms with van der Waals surface area (Å²) in [6.07, 6.45) is 5.11. The number of halogens is 2. The molecule has 0 amide bonds. The molecule has 1 saturated heterocycles. The van der Waals surface area contributed by atoms with Gasteiger partial charge in [0.2, 0.25) is 0 Å². The van der Waals surface area contributed by atoms with Gasteiger partial charge in [0.1, 0.15) is 0 Å². The van der Waals surface area contributed by atoms with Gasteiger partial charge in [0.15, 0.2) is 0 Å². The molecule has 5 rings (SSSR count). The molecule has 126 valence electrons. The average Bonchev–Trinajstić information content (AvgIpc) is 3.11. The summed E-state index contributed by atoms with van der Waals surface area (Å²) in [5.74, 6) is 0. The van der Waals surface area contributed by atoms with E-state index in [1.165, 1.54) is 11.1 Å². The van der Waals surface area contributed by atoms with E-state index in [1.54, 1.807) is 11.1 Å². The Hall–Kier alpha value is 0.0743. The molecule has 0 nitrogen and oxygen atoms in total. The van der Waals surface area contributed by atoms with Crippen molar-refractivity contribution in [3.63, 3.8) is 0 Å². The van der Waals surface area contributed by atoms with E-state index >= 15 is 0 Å². The molecule has 25 heavy (non-hydrogen) atoms. The van der Waals surface area contributed by atoms with Crippen LogP contribution in [0.4, 0.5) is 0 Å². The minimum Gasteiger partial charge on any atom is -1.00 e. The summed E-state index contributed by atoms with van der Waals surface area (Å²) in [5.41, 5.74) is 6.28. The molecule has 4 unspecified atom stereocenters. The zero-order chi connectivity index (χ0) is 15.6. The predicted molar refractivity (Wildman–Crippen MR) is 100 cm³/mol. The Bertz CT molecular complexity index is 806. The van der Waals surface area contributed by atoms with Gasteiger partial charge in [-0.2, -0.15) is 0 Å². The fourth-order valence-electron chi connectivity index (χ4n) is 4.04. The first-order valence-electron chi connectivity index (χ1n) is 8.08. The van der Waals surface area contributed by atoms with Crippen LogP contribution in [0.15, 0.2) is 59.2 Å². The van der Waals surface area contributed by atoms with Crippen LogP contribution in [-0.2, 0) is 19.2 Å². The van der Waals surface area contributed by atoms with Gasteiger partial charge in [-0.05, 0) is 0 Å². The second-order valence-electron chi connectivity index (χ2n) is 6.48. The van der Waals surface area contributed by atoms with Crippen LogP contribution in [0.3, 0.4) is 0 Å². The van der Waals surface area contributed by atoms with E-state index in [0.29, 0.717) is 0 Å². The largest absolute Gasteiger partial charge is 1.00 e. The average molecular weight is 439 g/mol. The topological polar surface area (TPSA) is 0 Å². The molecule has 0 spiro atoms. The summed E-state index contributed by atoms with van der Waals surface area (Å²) in [6.45, 7) is 5.09. The molecule has 1 fully saturated rings. The molecular formula is C20H18Cl2P2Ti. The summed E-state index contributed by atoms with van der Waals surface area (Å²) < 4.78 is 1.55. The van der Waals surface area contributed by atoms with Gasteiger partial charge in [0.25, 0.3) is 0 Å². The monoisotopic (exact) mass is 438 g/mol.